The molecule has 1 N–H and O–H groups in total. The lowest BCUT2D eigenvalue weighted by molar-refractivity contribution is -0.114. The van der Waals surface area contributed by atoms with Crippen molar-refractivity contribution < 1.29 is 4.79 Å². The molecule has 6 heteroatoms. The van der Waals surface area contributed by atoms with Crippen LogP contribution < -0.4 is 0 Å². The van der Waals surface area contributed by atoms with E-state index in [2.05, 4.69) is 54.6 Å². The molecule has 0 saturated heterocycles. The number of allylic oxidation sites excluding steroid dienone is 1. The largest absolute Gasteiger partial charge is 0.318 e. The Morgan fingerprint density at radius 1 is 1.11 bits per heavy atom. The second kappa shape index (κ2) is 6.63. The number of benzene rings is 1. The lowest BCUT2D eigenvalue weighted by Gasteiger charge is -2.22. The topological polar surface area (TPSA) is 61.5 Å². The molecule has 142 valence electrons. The molecule has 2 aliphatic rings. The molecule has 3 heterocycles. The smallest absolute Gasteiger partial charge is 0.283 e. The molecular weight excluding hydrogens is 368 g/mol. The van der Waals surface area contributed by atoms with Gasteiger partial charge in [0.2, 0.25) is 0 Å². The third kappa shape index (κ3) is 2.94. The van der Waals surface area contributed by atoms with Crippen molar-refractivity contribution in [1.29, 1.82) is 5.41 Å². The zero-order chi connectivity index (χ0) is 20.2. The predicted octanol–water partition coefficient (Wildman–Crippen LogP) is 4.88. The van der Waals surface area contributed by atoms with Crippen LogP contribution in [-0.4, -0.2) is 26.4 Å². The van der Waals surface area contributed by atoms with E-state index in [1.807, 2.05) is 20.0 Å². The Morgan fingerprint density at radius 3 is 2.57 bits per heavy atom. The molecule has 1 aromatic carbocycles. The first-order chi connectivity index (χ1) is 13.3. The van der Waals surface area contributed by atoms with Crippen LogP contribution in [0.25, 0.3) is 11.8 Å². The first-order valence-corrected chi connectivity index (χ1v) is 9.93. The van der Waals surface area contributed by atoms with Gasteiger partial charge in [-0.3, -0.25) is 15.1 Å². The summed E-state index contributed by atoms with van der Waals surface area (Å²) in [4.78, 5) is 19.4. The maximum Gasteiger partial charge on any atom is 0.283 e. The van der Waals surface area contributed by atoms with Gasteiger partial charge in [0.1, 0.15) is 5.84 Å². The number of nitrogens with zero attached hydrogens (tertiary/aromatic N) is 3. The van der Waals surface area contributed by atoms with Crippen LogP contribution in [-0.2, 0) is 4.79 Å². The second-order valence-electron chi connectivity index (χ2n) is 7.27. The highest BCUT2D eigenvalue weighted by atomic mass is 32.2. The SMILES string of the molecule is CC1=CN2C(=N)/C(=C/c3cc(C)n(-c4ccc(C)cc4C)c3C)C(=O)N=C2S1. The molecule has 1 amide bonds. The molecular formula is C22H22N4OS. The minimum atomic E-state index is -0.358. The van der Waals surface area contributed by atoms with Crippen LogP contribution in [0.2, 0.25) is 0 Å². The van der Waals surface area contributed by atoms with Crippen LogP contribution in [0.1, 0.15) is 35.0 Å². The van der Waals surface area contributed by atoms with Crippen molar-refractivity contribution in [2.45, 2.75) is 34.6 Å². The minimum absolute atomic E-state index is 0.177. The molecule has 4 rings (SSSR count). The summed E-state index contributed by atoms with van der Waals surface area (Å²) < 4.78 is 2.20. The fourth-order valence-corrected chi connectivity index (χ4v) is 4.53. The average molecular weight is 391 g/mol. The fourth-order valence-electron chi connectivity index (χ4n) is 3.72. The zero-order valence-electron chi connectivity index (χ0n) is 16.6. The van der Waals surface area contributed by atoms with Crippen LogP contribution in [0.4, 0.5) is 0 Å². The standard InChI is InChI=1S/C22H22N4OS/c1-12-6-7-19(13(2)8-12)26-14(3)9-17(16(26)5)10-18-20(23)25-11-15(4)28-22(25)24-21(18)27/h6-11,23H,1-5H3/b18-10-,23-20?. The number of fused-ring (bicyclic) bond motifs is 1. The number of carbonyl (C=O) groups excluding carboxylic acids is 1. The zero-order valence-corrected chi connectivity index (χ0v) is 17.4. The summed E-state index contributed by atoms with van der Waals surface area (Å²) in [6.07, 6.45) is 3.64. The Labute approximate surface area is 169 Å². The number of carbonyl (C=O) groups is 1. The summed E-state index contributed by atoms with van der Waals surface area (Å²) in [5.74, 6) is -0.182. The second-order valence-corrected chi connectivity index (χ2v) is 8.48. The highest BCUT2D eigenvalue weighted by molar-refractivity contribution is 8.17. The number of aliphatic imine (C=N–C) groups is 1. The van der Waals surface area contributed by atoms with Gasteiger partial charge in [-0.05, 0) is 64.0 Å². The fraction of sp³-hybridized carbons (Fsp3) is 0.227. The van der Waals surface area contributed by atoms with Crippen molar-refractivity contribution in [1.82, 2.24) is 9.47 Å². The highest BCUT2D eigenvalue weighted by Crippen LogP contribution is 2.33. The molecule has 0 bridgehead atoms. The summed E-state index contributed by atoms with van der Waals surface area (Å²) in [6.45, 7) is 10.2. The number of rotatable bonds is 2. The van der Waals surface area contributed by atoms with E-state index in [-0.39, 0.29) is 11.7 Å². The monoisotopic (exact) mass is 390 g/mol. The predicted molar refractivity (Wildman–Crippen MR) is 116 cm³/mol. The van der Waals surface area contributed by atoms with Gasteiger partial charge in [0, 0.05) is 28.2 Å². The van der Waals surface area contributed by atoms with E-state index in [0.29, 0.717) is 10.7 Å². The van der Waals surface area contributed by atoms with Crippen LogP contribution in [0.5, 0.6) is 0 Å². The minimum Gasteiger partial charge on any atom is -0.318 e. The average Bonchev–Trinajstić information content (AvgIpc) is 3.12. The number of hydrogen-bond donors (Lipinski definition) is 1. The number of aromatic nitrogens is 1. The number of thioether (sulfide) groups is 1. The first kappa shape index (κ1) is 18.5. The van der Waals surface area contributed by atoms with Gasteiger partial charge < -0.3 is 4.57 Å². The molecule has 0 fully saturated rings. The Hall–Kier alpha value is -2.86. The number of amides is 1. The third-order valence-corrected chi connectivity index (χ3v) is 5.95. The maximum absolute atomic E-state index is 12.6. The van der Waals surface area contributed by atoms with Crippen molar-refractivity contribution in [3.8, 4) is 5.69 Å². The molecule has 2 aromatic rings. The summed E-state index contributed by atoms with van der Waals surface area (Å²) in [6, 6.07) is 8.46. The quantitative estimate of drug-likeness (QED) is 0.744. The van der Waals surface area contributed by atoms with Crippen molar-refractivity contribution in [2.24, 2.45) is 4.99 Å². The number of aryl methyl sites for hydroxylation is 3. The number of hydrogen-bond acceptors (Lipinski definition) is 3. The first-order valence-electron chi connectivity index (χ1n) is 9.12. The molecule has 0 atom stereocenters. The third-order valence-electron chi connectivity index (χ3n) is 5.06. The summed E-state index contributed by atoms with van der Waals surface area (Å²) >= 11 is 1.42. The van der Waals surface area contributed by atoms with E-state index in [0.717, 1.165) is 27.5 Å². The van der Waals surface area contributed by atoms with E-state index in [1.54, 1.807) is 11.0 Å². The van der Waals surface area contributed by atoms with Gasteiger partial charge in [-0.2, -0.15) is 4.99 Å². The van der Waals surface area contributed by atoms with Crippen molar-refractivity contribution in [3.63, 3.8) is 0 Å². The van der Waals surface area contributed by atoms with Crippen LogP contribution >= 0.6 is 11.8 Å². The lowest BCUT2D eigenvalue weighted by atomic mass is 10.1. The Bertz CT molecular complexity index is 1130. The van der Waals surface area contributed by atoms with Gasteiger partial charge in [-0.25, -0.2) is 0 Å². The molecule has 0 aliphatic carbocycles. The van der Waals surface area contributed by atoms with Crippen LogP contribution in [0.15, 0.2) is 45.9 Å². The van der Waals surface area contributed by atoms with Gasteiger partial charge in [0.25, 0.3) is 5.91 Å². The molecule has 0 unspecified atom stereocenters. The molecule has 28 heavy (non-hydrogen) atoms. The van der Waals surface area contributed by atoms with Gasteiger partial charge in [-0.15, -0.1) is 0 Å². The van der Waals surface area contributed by atoms with Crippen LogP contribution in [0.3, 0.4) is 0 Å². The van der Waals surface area contributed by atoms with E-state index >= 15 is 0 Å². The molecule has 0 saturated carbocycles. The van der Waals surface area contributed by atoms with E-state index < -0.39 is 0 Å². The molecule has 0 spiro atoms. The van der Waals surface area contributed by atoms with Crippen molar-refractivity contribution in [3.05, 3.63) is 69.0 Å². The molecule has 1 aromatic heterocycles. The van der Waals surface area contributed by atoms with E-state index in [1.165, 1.54) is 22.9 Å². The maximum atomic E-state index is 12.6. The lowest BCUT2D eigenvalue weighted by Crippen LogP contribution is -2.35. The molecule has 5 nitrogen and oxygen atoms in total. The Morgan fingerprint density at radius 2 is 1.86 bits per heavy atom. The molecule has 2 aliphatic heterocycles. The normalized spacial score (nSPS) is 17.9. The number of nitrogens with one attached hydrogen (secondary N) is 1. The molecule has 0 radical (unpaired) electrons. The summed E-state index contributed by atoms with van der Waals surface area (Å²) in [5, 5.41) is 9.05. The van der Waals surface area contributed by atoms with Gasteiger partial charge >= 0.3 is 0 Å². The number of amidine groups is 2. The highest BCUT2D eigenvalue weighted by Gasteiger charge is 2.33. The van der Waals surface area contributed by atoms with Crippen molar-refractivity contribution in [2.75, 3.05) is 0 Å². The van der Waals surface area contributed by atoms with E-state index in [4.69, 9.17) is 5.41 Å². The van der Waals surface area contributed by atoms with Crippen molar-refractivity contribution >= 4 is 34.7 Å². The van der Waals surface area contributed by atoms with Crippen LogP contribution in [0, 0.1) is 33.1 Å². The summed E-state index contributed by atoms with van der Waals surface area (Å²) in [5.41, 5.74) is 6.93. The summed E-state index contributed by atoms with van der Waals surface area (Å²) in [7, 11) is 0. The van der Waals surface area contributed by atoms with Gasteiger partial charge in [0.15, 0.2) is 5.17 Å². The van der Waals surface area contributed by atoms with E-state index in [9.17, 15) is 4.79 Å². The Balaban J connectivity index is 1.79. The Kier molecular flexibility index (Phi) is 4.38. The van der Waals surface area contributed by atoms with Gasteiger partial charge in [-0.1, -0.05) is 29.5 Å². The van der Waals surface area contributed by atoms with Gasteiger partial charge in [0.05, 0.1) is 5.57 Å².